The van der Waals surface area contributed by atoms with Gasteiger partial charge in [-0.15, -0.1) is 11.3 Å². The highest BCUT2D eigenvalue weighted by Crippen LogP contribution is 2.22. The van der Waals surface area contributed by atoms with Crippen LogP contribution in [0.2, 0.25) is 0 Å². The molecule has 0 spiro atoms. The van der Waals surface area contributed by atoms with Crippen molar-refractivity contribution in [1.29, 1.82) is 0 Å². The summed E-state index contributed by atoms with van der Waals surface area (Å²) in [7, 11) is 0. The minimum Gasteiger partial charge on any atom is -0.373 e. The normalized spacial score (nSPS) is 11.8. The van der Waals surface area contributed by atoms with Crippen molar-refractivity contribution in [2.24, 2.45) is 5.41 Å². The minimum absolute atomic E-state index is 0.0598. The maximum Gasteiger partial charge on any atom is 0.198 e. The summed E-state index contributed by atoms with van der Waals surface area (Å²) in [6.07, 6.45) is 0.967. The largest absolute Gasteiger partial charge is 0.373 e. The van der Waals surface area contributed by atoms with Crippen molar-refractivity contribution in [3.8, 4) is 0 Å². The molecule has 1 heterocycles. The van der Waals surface area contributed by atoms with Gasteiger partial charge in [0.1, 0.15) is 6.61 Å². The van der Waals surface area contributed by atoms with Crippen LogP contribution in [0.15, 0.2) is 15.9 Å². The second-order valence-electron chi connectivity index (χ2n) is 4.89. The quantitative estimate of drug-likeness (QED) is 0.603. The van der Waals surface area contributed by atoms with Crippen LogP contribution in [0.25, 0.3) is 0 Å². The summed E-state index contributed by atoms with van der Waals surface area (Å²) in [5.74, 6) is 0.0598. The van der Waals surface area contributed by atoms with Crippen molar-refractivity contribution in [3.05, 3.63) is 20.8 Å². The summed E-state index contributed by atoms with van der Waals surface area (Å²) >= 11 is 4.78. The Morgan fingerprint density at radius 2 is 2.12 bits per heavy atom. The molecular formula is C12H17BrO2S. The van der Waals surface area contributed by atoms with E-state index in [-0.39, 0.29) is 17.8 Å². The SMILES string of the molecule is CC(C)(C)CCOCC(=O)c1ccc(Br)s1. The number of carbonyl (C=O) groups excluding carboxylic acids is 1. The lowest BCUT2D eigenvalue weighted by Gasteiger charge is -2.17. The first-order valence-corrected chi connectivity index (χ1v) is 6.86. The highest BCUT2D eigenvalue weighted by molar-refractivity contribution is 9.11. The van der Waals surface area contributed by atoms with Crippen LogP contribution in [0.4, 0.5) is 0 Å². The fraction of sp³-hybridized carbons (Fsp3) is 0.583. The Morgan fingerprint density at radius 1 is 1.44 bits per heavy atom. The van der Waals surface area contributed by atoms with E-state index in [0.717, 1.165) is 15.1 Å². The Bertz CT molecular complexity index is 352. The molecule has 0 radical (unpaired) electrons. The number of rotatable bonds is 5. The summed E-state index contributed by atoms with van der Waals surface area (Å²) in [5, 5.41) is 0. The first-order chi connectivity index (χ1) is 7.38. The number of Topliss-reactive ketones (excluding diaryl/α,β-unsaturated/α-hetero) is 1. The maximum absolute atomic E-state index is 11.6. The summed E-state index contributed by atoms with van der Waals surface area (Å²) in [6, 6.07) is 3.71. The molecule has 0 fully saturated rings. The molecule has 0 aliphatic heterocycles. The number of hydrogen-bond acceptors (Lipinski definition) is 3. The molecule has 0 aliphatic carbocycles. The molecule has 1 aromatic rings. The third-order valence-corrected chi connectivity index (χ3v) is 3.74. The monoisotopic (exact) mass is 304 g/mol. The third kappa shape index (κ3) is 5.23. The molecule has 0 atom stereocenters. The van der Waals surface area contributed by atoms with Crippen LogP contribution in [-0.2, 0) is 4.74 Å². The number of hydrogen-bond donors (Lipinski definition) is 0. The molecule has 0 bridgehead atoms. The highest BCUT2D eigenvalue weighted by atomic mass is 79.9. The molecule has 1 rings (SSSR count). The number of ketones is 1. The molecule has 0 amide bonds. The molecule has 2 nitrogen and oxygen atoms in total. The average molecular weight is 305 g/mol. The van der Waals surface area contributed by atoms with Crippen LogP contribution >= 0.6 is 27.3 Å². The second kappa shape index (κ2) is 5.94. The van der Waals surface area contributed by atoms with Gasteiger partial charge in [0, 0.05) is 6.61 Å². The first-order valence-electron chi connectivity index (χ1n) is 5.25. The molecule has 4 heteroatoms. The molecule has 90 valence electrons. The van der Waals surface area contributed by atoms with Crippen LogP contribution in [0.1, 0.15) is 36.9 Å². The Labute approximate surface area is 109 Å². The maximum atomic E-state index is 11.6. The average Bonchev–Trinajstić information content (AvgIpc) is 2.57. The van der Waals surface area contributed by atoms with Crippen LogP contribution in [0, 0.1) is 5.41 Å². The van der Waals surface area contributed by atoms with Gasteiger partial charge in [0.05, 0.1) is 8.66 Å². The van der Waals surface area contributed by atoms with Gasteiger partial charge >= 0.3 is 0 Å². The minimum atomic E-state index is 0.0598. The lowest BCUT2D eigenvalue weighted by atomic mass is 9.93. The second-order valence-corrected chi connectivity index (χ2v) is 7.35. The predicted octanol–water partition coefficient (Wildman–Crippen LogP) is 4.15. The van der Waals surface area contributed by atoms with E-state index in [1.54, 1.807) is 0 Å². The Hall–Kier alpha value is -0.190. The van der Waals surface area contributed by atoms with E-state index >= 15 is 0 Å². The topological polar surface area (TPSA) is 26.3 Å². The number of ether oxygens (including phenoxy) is 1. The van der Waals surface area contributed by atoms with E-state index in [4.69, 9.17) is 4.74 Å². The van der Waals surface area contributed by atoms with E-state index in [1.807, 2.05) is 12.1 Å². The first kappa shape index (κ1) is 13.9. The van der Waals surface area contributed by atoms with E-state index in [0.29, 0.717) is 6.61 Å². The van der Waals surface area contributed by atoms with Crippen molar-refractivity contribution < 1.29 is 9.53 Å². The molecule has 0 saturated heterocycles. The fourth-order valence-corrected chi connectivity index (χ4v) is 2.39. The summed E-state index contributed by atoms with van der Waals surface area (Å²) < 4.78 is 6.35. The van der Waals surface area contributed by atoms with Crippen molar-refractivity contribution in [2.45, 2.75) is 27.2 Å². The van der Waals surface area contributed by atoms with Crippen molar-refractivity contribution in [1.82, 2.24) is 0 Å². The van der Waals surface area contributed by atoms with E-state index in [2.05, 4.69) is 36.7 Å². The van der Waals surface area contributed by atoms with E-state index in [9.17, 15) is 4.79 Å². The Morgan fingerprint density at radius 3 is 2.62 bits per heavy atom. The molecule has 0 aromatic carbocycles. The van der Waals surface area contributed by atoms with Crippen LogP contribution in [-0.4, -0.2) is 19.0 Å². The van der Waals surface area contributed by atoms with E-state index < -0.39 is 0 Å². The standard InChI is InChI=1S/C12H17BrO2S/c1-12(2,3)6-7-15-8-9(14)10-4-5-11(13)16-10/h4-5H,6-8H2,1-3H3. The zero-order chi connectivity index (χ0) is 12.2. The number of carbonyl (C=O) groups is 1. The van der Waals surface area contributed by atoms with Gasteiger partial charge < -0.3 is 4.74 Å². The number of halogens is 1. The van der Waals surface area contributed by atoms with Crippen molar-refractivity contribution in [3.63, 3.8) is 0 Å². The molecule has 0 N–H and O–H groups in total. The zero-order valence-electron chi connectivity index (χ0n) is 9.88. The smallest absolute Gasteiger partial charge is 0.198 e. The fourth-order valence-electron chi connectivity index (χ4n) is 1.08. The summed E-state index contributed by atoms with van der Waals surface area (Å²) in [6.45, 7) is 7.31. The van der Waals surface area contributed by atoms with Gasteiger partial charge in [0.15, 0.2) is 5.78 Å². The molecule has 16 heavy (non-hydrogen) atoms. The van der Waals surface area contributed by atoms with Gasteiger partial charge in [-0.1, -0.05) is 20.8 Å². The molecule has 1 aromatic heterocycles. The van der Waals surface area contributed by atoms with Gasteiger partial charge in [-0.2, -0.15) is 0 Å². The highest BCUT2D eigenvalue weighted by Gasteiger charge is 2.12. The predicted molar refractivity (Wildman–Crippen MR) is 71.2 cm³/mol. The Balaban J connectivity index is 2.26. The van der Waals surface area contributed by atoms with Crippen molar-refractivity contribution >= 4 is 33.0 Å². The third-order valence-electron chi connectivity index (χ3n) is 2.08. The van der Waals surface area contributed by atoms with Crippen molar-refractivity contribution in [2.75, 3.05) is 13.2 Å². The summed E-state index contributed by atoms with van der Waals surface area (Å²) in [5.41, 5.74) is 0.259. The lowest BCUT2D eigenvalue weighted by molar-refractivity contribution is 0.0709. The van der Waals surface area contributed by atoms with Gasteiger partial charge in [-0.05, 0) is 39.9 Å². The van der Waals surface area contributed by atoms with E-state index in [1.165, 1.54) is 11.3 Å². The van der Waals surface area contributed by atoms with Gasteiger partial charge in [0.25, 0.3) is 0 Å². The van der Waals surface area contributed by atoms with Gasteiger partial charge in [0.2, 0.25) is 0 Å². The van der Waals surface area contributed by atoms with Gasteiger partial charge in [-0.3, -0.25) is 4.79 Å². The number of thiophene rings is 1. The summed E-state index contributed by atoms with van der Waals surface area (Å²) in [4.78, 5) is 12.4. The van der Waals surface area contributed by atoms with Crippen LogP contribution in [0.3, 0.4) is 0 Å². The van der Waals surface area contributed by atoms with Crippen LogP contribution < -0.4 is 0 Å². The Kier molecular flexibility index (Phi) is 5.15. The molecule has 0 aliphatic rings. The van der Waals surface area contributed by atoms with Gasteiger partial charge in [-0.25, -0.2) is 0 Å². The lowest BCUT2D eigenvalue weighted by Crippen LogP contribution is -2.13. The van der Waals surface area contributed by atoms with Crippen LogP contribution in [0.5, 0.6) is 0 Å². The molecule has 0 saturated carbocycles. The molecule has 0 unspecified atom stereocenters. The molecular weight excluding hydrogens is 288 g/mol. The zero-order valence-corrected chi connectivity index (χ0v) is 12.3.